The fourth-order valence-corrected chi connectivity index (χ4v) is 2.83. The minimum absolute atomic E-state index is 0.0831. The molecule has 0 spiro atoms. The number of hydrogen-bond acceptors (Lipinski definition) is 5. The summed E-state index contributed by atoms with van der Waals surface area (Å²) in [6, 6.07) is -2.62. The molecule has 9 nitrogen and oxygen atoms in total. The molecule has 0 aliphatic rings. The number of rotatable bonds is 13. The number of hydrogen-bond donors (Lipinski definition) is 5. The van der Waals surface area contributed by atoms with E-state index in [1.807, 2.05) is 41.5 Å². The molecule has 6 N–H and O–H groups in total. The third-order valence-electron chi connectivity index (χ3n) is 4.17. The molecule has 0 saturated heterocycles. The molecule has 0 aromatic carbocycles. The number of nitrogens with one attached hydrogen (secondary N) is 3. The average molecular weight is 415 g/mol. The van der Waals surface area contributed by atoms with E-state index in [-0.39, 0.29) is 30.7 Å². The molecule has 168 valence electrons. The molecule has 0 radical (unpaired) electrons. The predicted octanol–water partition coefficient (Wildman–Crippen LogP) is 0.622. The van der Waals surface area contributed by atoms with Gasteiger partial charge in [-0.3, -0.25) is 14.4 Å². The maximum atomic E-state index is 12.6. The van der Waals surface area contributed by atoms with Gasteiger partial charge in [0.2, 0.25) is 17.7 Å². The average Bonchev–Trinajstić information content (AvgIpc) is 2.56. The molecular weight excluding hydrogens is 376 g/mol. The van der Waals surface area contributed by atoms with Crippen LogP contribution in [-0.4, -0.2) is 53.5 Å². The first-order valence-corrected chi connectivity index (χ1v) is 10.2. The van der Waals surface area contributed by atoms with Crippen LogP contribution in [0, 0.1) is 17.8 Å². The van der Waals surface area contributed by atoms with Gasteiger partial charge in [-0.2, -0.15) is 0 Å². The van der Waals surface area contributed by atoms with Crippen molar-refractivity contribution in [3.05, 3.63) is 0 Å². The van der Waals surface area contributed by atoms with E-state index in [4.69, 9.17) is 5.73 Å². The summed E-state index contributed by atoms with van der Waals surface area (Å²) in [6.07, 6.45) is 1.12. The van der Waals surface area contributed by atoms with E-state index in [0.29, 0.717) is 12.8 Å². The SMILES string of the molecule is CC(C)C[C@H](NC(=O)[C@H](CC(C)C)NC(=O)CNC(=O)[C@@H](N)CC(C)C)C(=O)O. The quantitative estimate of drug-likeness (QED) is 0.298. The van der Waals surface area contributed by atoms with Crippen LogP contribution in [0.2, 0.25) is 0 Å². The van der Waals surface area contributed by atoms with Crippen LogP contribution >= 0.6 is 0 Å². The van der Waals surface area contributed by atoms with Gasteiger partial charge in [0, 0.05) is 0 Å². The smallest absolute Gasteiger partial charge is 0.326 e. The maximum absolute atomic E-state index is 12.6. The Labute approximate surface area is 173 Å². The number of carbonyl (C=O) groups excluding carboxylic acids is 3. The van der Waals surface area contributed by atoms with E-state index in [1.54, 1.807) is 0 Å². The molecule has 0 saturated carbocycles. The summed E-state index contributed by atoms with van der Waals surface area (Å²) in [4.78, 5) is 48.1. The number of nitrogens with two attached hydrogens (primary N) is 1. The van der Waals surface area contributed by atoms with E-state index in [0.717, 1.165) is 0 Å². The first-order valence-electron chi connectivity index (χ1n) is 10.2. The Bertz CT molecular complexity index is 563. The van der Waals surface area contributed by atoms with Gasteiger partial charge in [0.25, 0.3) is 0 Å². The lowest BCUT2D eigenvalue weighted by atomic mass is 10.0. The highest BCUT2D eigenvalue weighted by atomic mass is 16.4. The first kappa shape index (κ1) is 26.8. The van der Waals surface area contributed by atoms with Crippen molar-refractivity contribution >= 4 is 23.7 Å². The van der Waals surface area contributed by atoms with Crippen LogP contribution in [0.1, 0.15) is 60.8 Å². The van der Waals surface area contributed by atoms with Gasteiger partial charge >= 0.3 is 5.97 Å². The third kappa shape index (κ3) is 12.1. The summed E-state index contributed by atoms with van der Waals surface area (Å²) in [6.45, 7) is 11.1. The van der Waals surface area contributed by atoms with Crippen LogP contribution in [-0.2, 0) is 19.2 Å². The van der Waals surface area contributed by atoms with Crippen LogP contribution in [0.15, 0.2) is 0 Å². The van der Waals surface area contributed by atoms with Crippen LogP contribution in [0.4, 0.5) is 0 Å². The van der Waals surface area contributed by atoms with Crippen molar-refractivity contribution in [2.45, 2.75) is 78.9 Å². The zero-order valence-electron chi connectivity index (χ0n) is 18.5. The molecule has 0 aromatic heterocycles. The summed E-state index contributed by atoms with van der Waals surface area (Å²) in [7, 11) is 0. The van der Waals surface area contributed by atoms with Crippen LogP contribution < -0.4 is 21.7 Å². The van der Waals surface area contributed by atoms with E-state index >= 15 is 0 Å². The van der Waals surface area contributed by atoms with Gasteiger partial charge in [0.1, 0.15) is 12.1 Å². The molecule has 9 heteroatoms. The third-order valence-corrected chi connectivity index (χ3v) is 4.17. The summed E-state index contributed by atoms with van der Waals surface area (Å²) < 4.78 is 0. The predicted molar refractivity (Wildman–Crippen MR) is 111 cm³/mol. The van der Waals surface area contributed by atoms with Gasteiger partial charge in [-0.25, -0.2) is 4.79 Å². The topological polar surface area (TPSA) is 151 Å². The molecule has 0 bridgehead atoms. The number of aliphatic carboxylic acids is 1. The minimum atomic E-state index is -1.12. The lowest BCUT2D eigenvalue weighted by Crippen LogP contribution is -2.54. The fourth-order valence-electron chi connectivity index (χ4n) is 2.83. The maximum Gasteiger partial charge on any atom is 0.326 e. The Hall–Kier alpha value is -2.16. The minimum Gasteiger partial charge on any atom is -0.480 e. The largest absolute Gasteiger partial charge is 0.480 e. The molecule has 0 fully saturated rings. The van der Waals surface area contributed by atoms with Crippen LogP contribution in [0.3, 0.4) is 0 Å². The Morgan fingerprint density at radius 1 is 0.759 bits per heavy atom. The zero-order valence-corrected chi connectivity index (χ0v) is 18.5. The molecule has 29 heavy (non-hydrogen) atoms. The van der Waals surface area contributed by atoms with Crippen molar-refractivity contribution < 1.29 is 24.3 Å². The molecule has 0 aliphatic carbocycles. The van der Waals surface area contributed by atoms with Gasteiger partial charge in [-0.1, -0.05) is 41.5 Å². The number of carboxylic acid groups (broad SMARTS) is 1. The van der Waals surface area contributed by atoms with E-state index in [1.165, 1.54) is 0 Å². The van der Waals surface area contributed by atoms with Crippen molar-refractivity contribution in [1.82, 2.24) is 16.0 Å². The highest BCUT2D eigenvalue weighted by molar-refractivity contribution is 5.92. The summed E-state index contributed by atoms with van der Waals surface area (Å²) in [5, 5.41) is 16.9. The Kier molecular flexibility index (Phi) is 12.2. The van der Waals surface area contributed by atoms with E-state index in [9.17, 15) is 24.3 Å². The Morgan fingerprint density at radius 3 is 1.69 bits per heavy atom. The second-order valence-electron chi connectivity index (χ2n) is 8.73. The number of carbonyl (C=O) groups is 4. The fraction of sp³-hybridized carbons (Fsp3) is 0.800. The van der Waals surface area contributed by atoms with Crippen molar-refractivity contribution in [2.24, 2.45) is 23.5 Å². The lowest BCUT2D eigenvalue weighted by Gasteiger charge is -2.23. The van der Waals surface area contributed by atoms with Crippen LogP contribution in [0.25, 0.3) is 0 Å². The van der Waals surface area contributed by atoms with Gasteiger partial charge in [0.15, 0.2) is 0 Å². The summed E-state index contributed by atoms with van der Waals surface area (Å²) in [5.41, 5.74) is 5.78. The van der Waals surface area contributed by atoms with Crippen LogP contribution in [0.5, 0.6) is 0 Å². The monoisotopic (exact) mass is 414 g/mol. The molecule has 0 heterocycles. The molecule has 0 aliphatic heterocycles. The molecule has 3 amide bonds. The summed E-state index contributed by atoms with van der Waals surface area (Å²) in [5.74, 6) is -2.21. The normalized spacial score (nSPS) is 14.4. The first-order chi connectivity index (χ1) is 13.3. The number of amides is 3. The Morgan fingerprint density at radius 2 is 1.24 bits per heavy atom. The lowest BCUT2D eigenvalue weighted by molar-refractivity contribution is -0.142. The van der Waals surface area contributed by atoms with Gasteiger partial charge in [-0.15, -0.1) is 0 Å². The van der Waals surface area contributed by atoms with Crippen molar-refractivity contribution in [3.63, 3.8) is 0 Å². The van der Waals surface area contributed by atoms with Crippen molar-refractivity contribution in [3.8, 4) is 0 Å². The standard InChI is InChI=1S/C20H38N4O5/c1-11(2)7-14(21)18(26)22-10-17(25)23-15(8-12(3)4)19(27)24-16(20(28)29)9-13(5)6/h11-16H,7-10,21H2,1-6H3,(H,22,26)(H,23,25)(H,24,27)(H,28,29)/t14-,15-,16-/m0/s1. The highest BCUT2D eigenvalue weighted by Crippen LogP contribution is 2.09. The summed E-state index contributed by atoms with van der Waals surface area (Å²) >= 11 is 0. The van der Waals surface area contributed by atoms with E-state index in [2.05, 4.69) is 16.0 Å². The molecule has 3 atom stereocenters. The molecular formula is C20H38N4O5. The molecule has 0 rings (SSSR count). The highest BCUT2D eigenvalue weighted by Gasteiger charge is 2.27. The number of carboxylic acids is 1. The second-order valence-corrected chi connectivity index (χ2v) is 8.73. The molecule has 0 aromatic rings. The van der Waals surface area contributed by atoms with E-state index < -0.39 is 41.8 Å². The Balaban J connectivity index is 4.88. The zero-order chi connectivity index (χ0) is 22.7. The van der Waals surface area contributed by atoms with Gasteiger partial charge in [-0.05, 0) is 37.0 Å². The van der Waals surface area contributed by atoms with Gasteiger partial charge < -0.3 is 26.8 Å². The van der Waals surface area contributed by atoms with Crippen molar-refractivity contribution in [2.75, 3.05) is 6.54 Å². The second kappa shape index (κ2) is 13.1. The van der Waals surface area contributed by atoms with Crippen molar-refractivity contribution in [1.29, 1.82) is 0 Å². The molecule has 0 unspecified atom stereocenters. The van der Waals surface area contributed by atoms with Gasteiger partial charge in [0.05, 0.1) is 12.6 Å².